The smallest absolute Gasteiger partial charge is 0.324 e. The molecule has 1 fully saturated rings. The Morgan fingerprint density at radius 3 is 2.42 bits per heavy atom. The monoisotopic (exact) mass is 267 g/mol. The van der Waals surface area contributed by atoms with Crippen LogP contribution >= 0.6 is 0 Å². The summed E-state index contributed by atoms with van der Waals surface area (Å²) in [6.07, 6.45) is 2.42. The predicted octanol–water partition coefficient (Wildman–Crippen LogP) is 0.689. The fourth-order valence-electron chi connectivity index (χ4n) is 2.21. The van der Waals surface area contributed by atoms with Gasteiger partial charge in [0, 0.05) is 6.04 Å². The predicted molar refractivity (Wildman–Crippen MR) is 71.6 cm³/mol. The van der Waals surface area contributed by atoms with Gasteiger partial charge in [0.2, 0.25) is 5.95 Å². The summed E-state index contributed by atoms with van der Waals surface area (Å²) in [4.78, 5) is 12.3. The van der Waals surface area contributed by atoms with Crippen LogP contribution in [0.15, 0.2) is 0 Å². The number of hydrogen-bond acceptors (Lipinski definition) is 7. The van der Waals surface area contributed by atoms with Crippen molar-refractivity contribution >= 4 is 5.95 Å². The molecule has 1 aromatic rings. The van der Waals surface area contributed by atoms with Gasteiger partial charge in [-0.15, -0.1) is 4.98 Å². The van der Waals surface area contributed by atoms with Crippen molar-refractivity contribution in [1.82, 2.24) is 20.3 Å². The van der Waals surface area contributed by atoms with Crippen molar-refractivity contribution < 1.29 is 9.47 Å². The summed E-state index contributed by atoms with van der Waals surface area (Å²) >= 11 is 0. The van der Waals surface area contributed by atoms with Crippen LogP contribution in [0.4, 0.5) is 5.95 Å². The van der Waals surface area contributed by atoms with Crippen LogP contribution in [0.3, 0.4) is 0 Å². The molecule has 0 radical (unpaired) electrons. The van der Waals surface area contributed by atoms with E-state index in [1.807, 2.05) is 0 Å². The average molecular weight is 267 g/mol. The lowest BCUT2D eigenvalue weighted by Gasteiger charge is -2.28. The van der Waals surface area contributed by atoms with E-state index in [9.17, 15) is 0 Å². The molecule has 2 rings (SSSR count). The van der Waals surface area contributed by atoms with Crippen molar-refractivity contribution in [3.63, 3.8) is 0 Å². The van der Waals surface area contributed by atoms with Gasteiger partial charge < -0.3 is 20.1 Å². The minimum absolute atomic E-state index is 0.253. The molecule has 1 aliphatic rings. The zero-order chi connectivity index (χ0) is 13.7. The van der Waals surface area contributed by atoms with E-state index in [0.717, 1.165) is 13.1 Å². The minimum Gasteiger partial charge on any atom is -0.467 e. The van der Waals surface area contributed by atoms with E-state index >= 15 is 0 Å². The van der Waals surface area contributed by atoms with E-state index in [4.69, 9.17) is 9.47 Å². The highest BCUT2D eigenvalue weighted by Crippen LogP contribution is 2.19. The first-order valence-corrected chi connectivity index (χ1v) is 6.54. The van der Waals surface area contributed by atoms with Crippen LogP contribution in [0.1, 0.15) is 19.8 Å². The fourth-order valence-corrected chi connectivity index (χ4v) is 2.21. The Labute approximate surface area is 113 Å². The molecular formula is C12H21N5O2. The van der Waals surface area contributed by atoms with Crippen molar-refractivity contribution in [3.05, 3.63) is 0 Å². The molecule has 2 heterocycles. The van der Waals surface area contributed by atoms with Gasteiger partial charge >= 0.3 is 12.0 Å². The summed E-state index contributed by atoms with van der Waals surface area (Å²) in [5.41, 5.74) is 0. The Bertz CT molecular complexity index is 387. The van der Waals surface area contributed by atoms with E-state index in [1.165, 1.54) is 27.1 Å². The average Bonchev–Trinajstić information content (AvgIpc) is 2.47. The lowest BCUT2D eigenvalue weighted by Crippen LogP contribution is -2.39. The number of anilines is 1. The van der Waals surface area contributed by atoms with Crippen molar-refractivity contribution in [3.8, 4) is 12.0 Å². The van der Waals surface area contributed by atoms with Crippen molar-refractivity contribution in [1.29, 1.82) is 0 Å². The van der Waals surface area contributed by atoms with Crippen LogP contribution < -0.4 is 20.1 Å². The Balaban J connectivity index is 2.04. The van der Waals surface area contributed by atoms with E-state index in [1.54, 1.807) is 0 Å². The second-order valence-electron chi connectivity index (χ2n) is 4.67. The van der Waals surface area contributed by atoms with Crippen molar-refractivity contribution in [2.24, 2.45) is 5.92 Å². The van der Waals surface area contributed by atoms with Gasteiger partial charge in [-0.05, 0) is 38.8 Å². The Kier molecular flexibility index (Phi) is 4.73. The summed E-state index contributed by atoms with van der Waals surface area (Å²) in [7, 11) is 3.04. The van der Waals surface area contributed by atoms with Crippen molar-refractivity contribution in [2.45, 2.75) is 25.8 Å². The molecule has 7 heteroatoms. The highest BCUT2D eigenvalue weighted by molar-refractivity contribution is 5.29. The second-order valence-corrected chi connectivity index (χ2v) is 4.67. The summed E-state index contributed by atoms with van der Waals surface area (Å²) in [5.74, 6) is 1.06. The maximum atomic E-state index is 5.03. The third kappa shape index (κ3) is 3.66. The van der Waals surface area contributed by atoms with Gasteiger partial charge in [-0.2, -0.15) is 9.97 Å². The number of piperidine rings is 1. The van der Waals surface area contributed by atoms with Gasteiger partial charge in [0.25, 0.3) is 0 Å². The number of rotatable bonds is 5. The first-order valence-electron chi connectivity index (χ1n) is 6.54. The molecule has 19 heavy (non-hydrogen) atoms. The summed E-state index contributed by atoms with van der Waals surface area (Å²) < 4.78 is 10.1. The molecule has 1 aromatic heterocycles. The third-order valence-corrected chi connectivity index (χ3v) is 3.36. The molecule has 0 saturated carbocycles. The van der Waals surface area contributed by atoms with Gasteiger partial charge in [0.05, 0.1) is 14.2 Å². The van der Waals surface area contributed by atoms with Crippen LogP contribution in [0.5, 0.6) is 12.0 Å². The molecule has 0 spiro atoms. The minimum atomic E-state index is 0.253. The number of ether oxygens (including phenoxy) is 2. The van der Waals surface area contributed by atoms with Gasteiger partial charge in [-0.25, -0.2) is 0 Å². The van der Waals surface area contributed by atoms with Crippen LogP contribution in [0.2, 0.25) is 0 Å². The topological polar surface area (TPSA) is 81.2 Å². The molecule has 1 saturated heterocycles. The summed E-state index contributed by atoms with van der Waals surface area (Å²) in [6, 6.07) is 0.788. The lowest BCUT2D eigenvalue weighted by atomic mass is 9.93. The van der Waals surface area contributed by atoms with E-state index in [0.29, 0.717) is 11.9 Å². The van der Waals surface area contributed by atoms with Gasteiger partial charge in [0.1, 0.15) is 0 Å². The second kappa shape index (κ2) is 6.51. The molecule has 0 aromatic carbocycles. The number of nitrogens with zero attached hydrogens (tertiary/aromatic N) is 3. The molecule has 2 atom stereocenters. The number of hydrogen-bond donors (Lipinski definition) is 2. The Hall–Kier alpha value is -1.63. The third-order valence-electron chi connectivity index (χ3n) is 3.36. The van der Waals surface area contributed by atoms with Crippen molar-refractivity contribution in [2.75, 3.05) is 32.6 Å². The van der Waals surface area contributed by atoms with Crippen LogP contribution in [0.25, 0.3) is 0 Å². The molecule has 0 amide bonds. The van der Waals surface area contributed by atoms with E-state index in [2.05, 4.69) is 32.5 Å². The van der Waals surface area contributed by atoms with Crippen LogP contribution in [-0.2, 0) is 0 Å². The van der Waals surface area contributed by atoms with Crippen LogP contribution in [-0.4, -0.2) is 48.3 Å². The molecule has 106 valence electrons. The highest BCUT2D eigenvalue weighted by Gasteiger charge is 2.21. The zero-order valence-electron chi connectivity index (χ0n) is 11.6. The summed E-state index contributed by atoms with van der Waals surface area (Å²) in [5, 5.41) is 6.70. The molecule has 0 aliphatic carbocycles. The molecule has 2 unspecified atom stereocenters. The zero-order valence-corrected chi connectivity index (χ0v) is 11.6. The summed E-state index contributed by atoms with van der Waals surface area (Å²) in [6.45, 7) is 4.27. The lowest BCUT2D eigenvalue weighted by molar-refractivity contribution is 0.334. The largest absolute Gasteiger partial charge is 0.467 e. The highest BCUT2D eigenvalue weighted by atomic mass is 16.5. The SMILES string of the molecule is COc1nc(NC(C)C2CCCNC2)nc(OC)n1. The fraction of sp³-hybridized carbons (Fsp3) is 0.750. The molecule has 0 bridgehead atoms. The van der Waals surface area contributed by atoms with Crippen LogP contribution in [0, 0.1) is 5.92 Å². The first-order chi connectivity index (χ1) is 9.22. The maximum absolute atomic E-state index is 5.03. The number of nitrogens with one attached hydrogen (secondary N) is 2. The van der Waals surface area contributed by atoms with Gasteiger partial charge in [-0.3, -0.25) is 0 Å². The van der Waals surface area contributed by atoms with Gasteiger partial charge in [-0.1, -0.05) is 0 Å². The molecule has 1 aliphatic heterocycles. The molecular weight excluding hydrogens is 246 g/mol. The maximum Gasteiger partial charge on any atom is 0.324 e. The van der Waals surface area contributed by atoms with E-state index in [-0.39, 0.29) is 18.1 Å². The molecule has 2 N–H and O–H groups in total. The number of aromatic nitrogens is 3. The molecule has 7 nitrogen and oxygen atoms in total. The quantitative estimate of drug-likeness (QED) is 0.812. The standard InChI is InChI=1S/C12H21N5O2/c1-8(9-5-4-6-13-7-9)14-10-15-11(18-2)17-12(16-10)19-3/h8-9,13H,4-7H2,1-3H3,(H,14,15,16,17). The normalized spacial score (nSPS) is 20.7. The van der Waals surface area contributed by atoms with E-state index < -0.39 is 0 Å². The van der Waals surface area contributed by atoms with Gasteiger partial charge in [0.15, 0.2) is 0 Å². The Morgan fingerprint density at radius 2 is 1.89 bits per heavy atom. The first kappa shape index (κ1) is 13.8. The number of methoxy groups -OCH3 is 2. The Morgan fingerprint density at radius 1 is 1.21 bits per heavy atom.